The second kappa shape index (κ2) is 1.83. The Bertz CT molecular complexity index is 132. The van der Waals surface area contributed by atoms with Crippen LogP contribution in [0.5, 0.6) is 0 Å². The lowest BCUT2D eigenvalue weighted by molar-refractivity contribution is 0.442. The maximum atomic E-state index is 4.54. The molecule has 0 unspecified atom stereocenters. The van der Waals surface area contributed by atoms with E-state index in [2.05, 4.69) is 11.2 Å². The van der Waals surface area contributed by atoms with Gasteiger partial charge in [-0.1, -0.05) is 12.8 Å². The topological polar surface area (TPSA) is 12.4 Å². The van der Waals surface area contributed by atoms with Gasteiger partial charge in [0.2, 0.25) is 0 Å². The highest BCUT2D eigenvalue weighted by molar-refractivity contribution is 5.61. The molecule has 50 valence electrons. The highest BCUT2D eigenvalue weighted by Crippen LogP contribution is 2.39. The summed E-state index contributed by atoms with van der Waals surface area (Å²) < 4.78 is 0. The Morgan fingerprint density at radius 3 is 2.44 bits per heavy atom. The molecule has 1 nitrogen and oxygen atoms in total. The van der Waals surface area contributed by atoms with E-state index < -0.39 is 0 Å². The van der Waals surface area contributed by atoms with Crippen LogP contribution in [-0.4, -0.2) is 11.8 Å². The molecule has 0 amide bonds. The van der Waals surface area contributed by atoms with E-state index in [-0.39, 0.29) is 0 Å². The van der Waals surface area contributed by atoms with Gasteiger partial charge in [-0.2, -0.15) is 0 Å². The molecule has 1 aliphatic carbocycles. The fourth-order valence-electron chi connectivity index (χ4n) is 2.07. The molecule has 9 heavy (non-hydrogen) atoms. The summed E-state index contributed by atoms with van der Waals surface area (Å²) in [6.07, 6.45) is 10.2. The van der Waals surface area contributed by atoms with E-state index in [0.717, 1.165) is 0 Å². The minimum Gasteiger partial charge on any atom is -0.291 e. The summed E-state index contributed by atoms with van der Waals surface area (Å²) in [6.45, 7) is 0. The van der Waals surface area contributed by atoms with Crippen molar-refractivity contribution in [1.29, 1.82) is 0 Å². The zero-order valence-corrected chi connectivity index (χ0v) is 5.77. The fourth-order valence-corrected chi connectivity index (χ4v) is 2.07. The molecule has 1 fully saturated rings. The minimum atomic E-state index is 0.458. The zero-order chi connectivity index (χ0) is 6.16. The molecule has 1 aliphatic heterocycles. The highest BCUT2D eigenvalue weighted by Gasteiger charge is 2.34. The maximum Gasteiger partial charge on any atom is 0.0607 e. The van der Waals surface area contributed by atoms with Crippen LogP contribution in [-0.2, 0) is 0 Å². The summed E-state index contributed by atoms with van der Waals surface area (Å²) in [5, 5.41) is 0. The molecule has 0 aromatic heterocycles. The monoisotopic (exact) mass is 123 g/mol. The first kappa shape index (κ1) is 5.45. The van der Waals surface area contributed by atoms with E-state index in [4.69, 9.17) is 0 Å². The SMILES string of the molecule is C1=NC2(CC1)CCCC2. The first-order valence-corrected chi connectivity index (χ1v) is 3.95. The lowest BCUT2D eigenvalue weighted by Crippen LogP contribution is -2.16. The third-order valence-corrected chi connectivity index (χ3v) is 2.64. The van der Waals surface area contributed by atoms with Crippen LogP contribution in [0.2, 0.25) is 0 Å². The number of nitrogens with zero attached hydrogens (tertiary/aromatic N) is 1. The van der Waals surface area contributed by atoms with Gasteiger partial charge in [-0.05, 0) is 31.9 Å². The minimum absolute atomic E-state index is 0.458. The number of hydrogen-bond donors (Lipinski definition) is 0. The predicted octanol–water partition coefficient (Wildman–Crippen LogP) is 2.16. The van der Waals surface area contributed by atoms with Crippen molar-refractivity contribution in [2.45, 2.75) is 44.1 Å². The third-order valence-electron chi connectivity index (χ3n) is 2.64. The van der Waals surface area contributed by atoms with E-state index in [1.165, 1.54) is 38.5 Å². The first-order chi connectivity index (χ1) is 4.41. The van der Waals surface area contributed by atoms with E-state index >= 15 is 0 Å². The Morgan fingerprint density at radius 1 is 1.11 bits per heavy atom. The maximum absolute atomic E-state index is 4.54. The van der Waals surface area contributed by atoms with Crippen molar-refractivity contribution in [1.82, 2.24) is 0 Å². The van der Waals surface area contributed by atoms with Crippen LogP contribution in [0.25, 0.3) is 0 Å². The average Bonchev–Trinajstić information content (AvgIpc) is 2.45. The molecule has 0 aromatic rings. The molecule has 1 saturated carbocycles. The van der Waals surface area contributed by atoms with Gasteiger partial charge in [0.15, 0.2) is 0 Å². The molecule has 0 radical (unpaired) electrons. The fraction of sp³-hybridized carbons (Fsp3) is 0.875. The molecule has 0 bridgehead atoms. The lowest BCUT2D eigenvalue weighted by atomic mass is 9.96. The van der Waals surface area contributed by atoms with Crippen molar-refractivity contribution in [3.05, 3.63) is 0 Å². The van der Waals surface area contributed by atoms with Crippen molar-refractivity contribution in [3.8, 4) is 0 Å². The van der Waals surface area contributed by atoms with Gasteiger partial charge >= 0.3 is 0 Å². The van der Waals surface area contributed by atoms with E-state index in [9.17, 15) is 0 Å². The van der Waals surface area contributed by atoms with Crippen molar-refractivity contribution in [2.75, 3.05) is 0 Å². The van der Waals surface area contributed by atoms with Gasteiger partial charge in [0, 0.05) is 0 Å². The summed E-state index contributed by atoms with van der Waals surface area (Å²) >= 11 is 0. The smallest absolute Gasteiger partial charge is 0.0607 e. The van der Waals surface area contributed by atoms with E-state index in [1.807, 2.05) is 0 Å². The van der Waals surface area contributed by atoms with Crippen molar-refractivity contribution < 1.29 is 0 Å². The first-order valence-electron chi connectivity index (χ1n) is 3.95. The van der Waals surface area contributed by atoms with Gasteiger partial charge in [0.1, 0.15) is 0 Å². The van der Waals surface area contributed by atoms with Crippen LogP contribution in [0.1, 0.15) is 38.5 Å². The Kier molecular flexibility index (Phi) is 1.11. The number of hydrogen-bond acceptors (Lipinski definition) is 1. The number of rotatable bonds is 0. The summed E-state index contributed by atoms with van der Waals surface area (Å²) in [5.74, 6) is 0. The summed E-state index contributed by atoms with van der Waals surface area (Å²) in [4.78, 5) is 4.54. The van der Waals surface area contributed by atoms with Crippen LogP contribution in [0.3, 0.4) is 0 Å². The Hall–Kier alpha value is -0.330. The van der Waals surface area contributed by atoms with Gasteiger partial charge in [-0.3, -0.25) is 4.99 Å². The lowest BCUT2D eigenvalue weighted by Gasteiger charge is -2.17. The second-order valence-corrected chi connectivity index (χ2v) is 3.28. The van der Waals surface area contributed by atoms with Crippen LogP contribution < -0.4 is 0 Å². The molecule has 0 N–H and O–H groups in total. The molecule has 0 atom stereocenters. The summed E-state index contributed by atoms with van der Waals surface area (Å²) in [7, 11) is 0. The average molecular weight is 123 g/mol. The quantitative estimate of drug-likeness (QED) is 0.468. The molecule has 1 heterocycles. The van der Waals surface area contributed by atoms with Crippen molar-refractivity contribution in [2.24, 2.45) is 4.99 Å². The normalized spacial score (nSPS) is 30.2. The predicted molar refractivity (Wildman–Crippen MR) is 38.9 cm³/mol. The van der Waals surface area contributed by atoms with Crippen LogP contribution in [0.15, 0.2) is 4.99 Å². The Balaban J connectivity index is 2.13. The molecule has 0 aromatic carbocycles. The van der Waals surface area contributed by atoms with Gasteiger partial charge in [0.05, 0.1) is 5.54 Å². The van der Waals surface area contributed by atoms with Gasteiger partial charge in [-0.15, -0.1) is 0 Å². The molecule has 1 spiro atoms. The van der Waals surface area contributed by atoms with Gasteiger partial charge in [0.25, 0.3) is 0 Å². The van der Waals surface area contributed by atoms with Crippen LogP contribution >= 0.6 is 0 Å². The van der Waals surface area contributed by atoms with Crippen molar-refractivity contribution in [3.63, 3.8) is 0 Å². The van der Waals surface area contributed by atoms with E-state index in [1.54, 1.807) is 0 Å². The number of aliphatic imine (C=N–C) groups is 1. The molecular weight excluding hydrogens is 110 g/mol. The molecule has 1 heteroatoms. The second-order valence-electron chi connectivity index (χ2n) is 3.28. The highest BCUT2D eigenvalue weighted by atomic mass is 14.9. The van der Waals surface area contributed by atoms with Crippen molar-refractivity contribution >= 4 is 6.21 Å². The molecule has 2 aliphatic rings. The molecular formula is C8H13N. The van der Waals surface area contributed by atoms with Crippen LogP contribution in [0.4, 0.5) is 0 Å². The largest absolute Gasteiger partial charge is 0.291 e. The zero-order valence-electron chi connectivity index (χ0n) is 5.77. The Labute approximate surface area is 56.2 Å². The van der Waals surface area contributed by atoms with E-state index in [0.29, 0.717) is 5.54 Å². The summed E-state index contributed by atoms with van der Waals surface area (Å²) in [6, 6.07) is 0. The Morgan fingerprint density at radius 2 is 1.89 bits per heavy atom. The standard InChI is InChI=1S/C8H13N/c1-2-5-8(4-1)6-3-7-9-8/h7H,1-6H2. The third kappa shape index (κ3) is 0.790. The van der Waals surface area contributed by atoms with Gasteiger partial charge in [-0.25, -0.2) is 0 Å². The molecule has 2 rings (SSSR count). The molecule has 0 saturated heterocycles. The van der Waals surface area contributed by atoms with Crippen LogP contribution in [0, 0.1) is 0 Å². The summed E-state index contributed by atoms with van der Waals surface area (Å²) in [5.41, 5.74) is 0.458. The van der Waals surface area contributed by atoms with Gasteiger partial charge < -0.3 is 0 Å².